The van der Waals surface area contributed by atoms with E-state index in [0.29, 0.717) is 16.6 Å². The van der Waals surface area contributed by atoms with Crippen LogP contribution in [0.15, 0.2) is 74.2 Å². The summed E-state index contributed by atoms with van der Waals surface area (Å²) in [7, 11) is 1.67. The SMILES string of the molecule is C[n+]1cc(/N=C(\[O-])CSC2=N/C(=C/c3cccs3)C(=O)N2c2ccccc2)on1. The number of anilines is 1. The van der Waals surface area contributed by atoms with Crippen LogP contribution in [0.5, 0.6) is 0 Å². The molecule has 0 saturated heterocycles. The fraction of sp³-hybridized carbons (Fsp3) is 0.105. The summed E-state index contributed by atoms with van der Waals surface area (Å²) in [5, 5.41) is 18.2. The number of aromatic nitrogens is 2. The minimum Gasteiger partial charge on any atom is -0.861 e. The van der Waals surface area contributed by atoms with Crippen molar-refractivity contribution in [3.05, 3.63) is 64.6 Å². The van der Waals surface area contributed by atoms with E-state index in [9.17, 15) is 9.90 Å². The van der Waals surface area contributed by atoms with Crippen molar-refractivity contribution in [3.8, 4) is 0 Å². The molecule has 0 atom stereocenters. The second-order valence-corrected chi connectivity index (χ2v) is 7.85. The number of thiophene rings is 1. The average Bonchev–Trinajstić information content (AvgIpc) is 3.44. The molecule has 1 aromatic carbocycles. The quantitative estimate of drug-likeness (QED) is 0.270. The van der Waals surface area contributed by atoms with Gasteiger partial charge in [-0.2, -0.15) is 0 Å². The second kappa shape index (κ2) is 8.41. The van der Waals surface area contributed by atoms with Gasteiger partial charge in [-0.25, -0.2) is 9.98 Å². The Labute approximate surface area is 174 Å². The van der Waals surface area contributed by atoms with Gasteiger partial charge in [-0.1, -0.05) is 40.7 Å². The van der Waals surface area contributed by atoms with E-state index in [4.69, 9.17) is 4.52 Å². The third kappa shape index (κ3) is 4.44. The fourth-order valence-corrected chi connectivity index (χ4v) is 4.00. The van der Waals surface area contributed by atoms with Crippen LogP contribution < -0.4 is 14.7 Å². The molecular weight excluding hydrogens is 410 g/mol. The lowest BCUT2D eigenvalue weighted by molar-refractivity contribution is -0.739. The van der Waals surface area contributed by atoms with E-state index in [0.717, 1.165) is 16.6 Å². The molecule has 1 amide bonds. The van der Waals surface area contributed by atoms with Gasteiger partial charge in [0.2, 0.25) is 0 Å². The molecule has 2 aromatic heterocycles. The second-order valence-electron chi connectivity index (χ2n) is 5.92. The fourth-order valence-electron chi connectivity index (χ4n) is 2.55. The minimum atomic E-state index is -0.411. The van der Waals surface area contributed by atoms with Crippen LogP contribution in [-0.4, -0.2) is 28.0 Å². The lowest BCUT2D eigenvalue weighted by Crippen LogP contribution is -2.31. The number of benzene rings is 1. The number of amidine groups is 1. The molecule has 3 heterocycles. The summed E-state index contributed by atoms with van der Waals surface area (Å²) >= 11 is 2.67. The summed E-state index contributed by atoms with van der Waals surface area (Å²) < 4.78 is 6.32. The molecule has 3 aromatic rings. The summed E-state index contributed by atoms with van der Waals surface area (Å²) in [6.07, 6.45) is 3.24. The Morgan fingerprint density at radius 3 is 2.86 bits per heavy atom. The van der Waals surface area contributed by atoms with Crippen molar-refractivity contribution in [1.82, 2.24) is 5.27 Å². The number of thioether (sulfide) groups is 1. The van der Waals surface area contributed by atoms with Gasteiger partial charge in [-0.05, 0) is 35.6 Å². The van der Waals surface area contributed by atoms with Crippen LogP contribution in [0.25, 0.3) is 6.08 Å². The average molecular weight is 425 g/mol. The van der Waals surface area contributed by atoms with Crippen molar-refractivity contribution in [2.24, 2.45) is 17.0 Å². The van der Waals surface area contributed by atoms with Gasteiger partial charge < -0.3 is 5.11 Å². The van der Waals surface area contributed by atoms with Crippen molar-refractivity contribution in [2.45, 2.75) is 0 Å². The topological polar surface area (TPSA) is 98.0 Å². The van der Waals surface area contributed by atoms with Crippen molar-refractivity contribution < 1.29 is 19.1 Å². The van der Waals surface area contributed by atoms with E-state index in [2.05, 4.69) is 15.3 Å². The van der Waals surface area contributed by atoms with Crippen molar-refractivity contribution in [1.29, 1.82) is 0 Å². The maximum atomic E-state index is 13.0. The Morgan fingerprint density at radius 2 is 2.17 bits per heavy atom. The summed E-state index contributed by atoms with van der Waals surface area (Å²) in [5.74, 6) is -0.517. The molecule has 0 spiro atoms. The van der Waals surface area contributed by atoms with Crippen LogP contribution in [0, 0.1) is 0 Å². The highest BCUT2D eigenvalue weighted by Gasteiger charge is 2.31. The highest BCUT2D eigenvalue weighted by molar-refractivity contribution is 8.14. The molecule has 10 heteroatoms. The zero-order chi connectivity index (χ0) is 20.2. The van der Waals surface area contributed by atoms with Crippen molar-refractivity contribution in [2.75, 3.05) is 10.7 Å². The standard InChI is InChI=1S/C19H15N5O3S2/c1-23-11-17(27-22-23)21-16(25)12-29-19-20-15(10-14-8-5-9-28-14)18(26)24(19)13-6-3-2-4-7-13/h2-11H,12H2,1H3/b15-10+. The molecule has 1 aliphatic heterocycles. The minimum absolute atomic E-state index is 0.00609. The molecule has 146 valence electrons. The number of amides is 1. The predicted molar refractivity (Wildman–Crippen MR) is 111 cm³/mol. The molecule has 0 fully saturated rings. The van der Waals surface area contributed by atoms with E-state index >= 15 is 0 Å². The van der Waals surface area contributed by atoms with Gasteiger partial charge >= 0.3 is 5.88 Å². The smallest absolute Gasteiger partial charge is 0.320 e. The first kappa shape index (κ1) is 19.1. The Bertz CT molecular complexity index is 1100. The first-order valence-electron chi connectivity index (χ1n) is 8.53. The maximum Gasteiger partial charge on any atom is 0.320 e. The molecule has 29 heavy (non-hydrogen) atoms. The van der Waals surface area contributed by atoms with Gasteiger partial charge in [0.25, 0.3) is 12.1 Å². The monoisotopic (exact) mass is 425 g/mol. The molecular formula is C19H15N5O3S2. The van der Waals surface area contributed by atoms with Gasteiger partial charge in [-0.3, -0.25) is 14.2 Å². The highest BCUT2D eigenvalue weighted by atomic mass is 32.2. The lowest BCUT2D eigenvalue weighted by atomic mass is 10.3. The molecule has 0 bridgehead atoms. The van der Waals surface area contributed by atoms with Crippen molar-refractivity contribution >= 4 is 57.7 Å². The number of rotatable bonds is 5. The number of hydrogen-bond acceptors (Lipinski definition) is 8. The molecule has 8 nitrogen and oxygen atoms in total. The van der Waals surface area contributed by atoms with Crippen LogP contribution in [0.2, 0.25) is 0 Å². The zero-order valence-electron chi connectivity index (χ0n) is 15.3. The number of nitrogens with zero attached hydrogens (tertiary/aromatic N) is 5. The number of para-hydroxylation sites is 1. The Hall–Kier alpha value is -3.24. The number of aryl methyl sites for hydroxylation is 1. The summed E-state index contributed by atoms with van der Waals surface area (Å²) in [6, 6.07) is 13.0. The van der Waals surface area contributed by atoms with Gasteiger partial charge in [0.15, 0.2) is 17.5 Å². The van der Waals surface area contributed by atoms with Gasteiger partial charge in [0.1, 0.15) is 5.70 Å². The number of carbonyl (C=O) groups is 1. The molecule has 0 saturated carbocycles. The summed E-state index contributed by atoms with van der Waals surface area (Å²) in [6.45, 7) is 0. The molecule has 0 N–H and O–H groups in total. The largest absolute Gasteiger partial charge is 0.861 e. The van der Waals surface area contributed by atoms with Crippen LogP contribution in [-0.2, 0) is 11.8 Å². The van der Waals surface area contributed by atoms with E-state index in [1.54, 1.807) is 13.1 Å². The van der Waals surface area contributed by atoms with Crippen LogP contribution >= 0.6 is 23.1 Å². The van der Waals surface area contributed by atoms with Gasteiger partial charge in [0, 0.05) is 10.6 Å². The molecule has 0 radical (unpaired) electrons. The van der Waals surface area contributed by atoms with E-state index < -0.39 is 5.90 Å². The number of carbonyl (C=O) groups excluding carboxylic acids is 1. The van der Waals surface area contributed by atoms with Crippen LogP contribution in [0.1, 0.15) is 4.88 Å². The van der Waals surface area contributed by atoms with Crippen LogP contribution in [0.3, 0.4) is 0 Å². The first-order chi connectivity index (χ1) is 14.1. The Morgan fingerprint density at radius 1 is 1.34 bits per heavy atom. The van der Waals surface area contributed by atoms with E-state index in [1.165, 1.54) is 27.1 Å². The summed E-state index contributed by atoms with van der Waals surface area (Å²) in [4.78, 5) is 23.7. The van der Waals surface area contributed by atoms with Crippen molar-refractivity contribution in [3.63, 3.8) is 0 Å². The highest BCUT2D eigenvalue weighted by Crippen LogP contribution is 2.29. The number of hydrogen-bond donors (Lipinski definition) is 0. The predicted octanol–water partition coefficient (Wildman–Crippen LogP) is 2.13. The third-order valence-corrected chi connectivity index (χ3v) is 5.53. The Balaban J connectivity index is 1.58. The third-order valence-electron chi connectivity index (χ3n) is 3.79. The van der Waals surface area contributed by atoms with E-state index in [-0.39, 0.29) is 17.5 Å². The molecule has 4 rings (SSSR count). The maximum absolute atomic E-state index is 13.0. The summed E-state index contributed by atoms with van der Waals surface area (Å²) in [5.41, 5.74) is 1.01. The van der Waals surface area contributed by atoms with E-state index in [1.807, 2.05) is 47.8 Å². The molecule has 0 unspecified atom stereocenters. The normalized spacial score (nSPS) is 16.0. The Kier molecular flexibility index (Phi) is 5.54. The van der Waals surface area contributed by atoms with Gasteiger partial charge in [-0.15, -0.1) is 11.3 Å². The van der Waals surface area contributed by atoms with Crippen LogP contribution in [0.4, 0.5) is 11.6 Å². The molecule has 0 aliphatic carbocycles. The zero-order valence-corrected chi connectivity index (χ0v) is 16.9. The lowest BCUT2D eigenvalue weighted by Gasteiger charge is -2.18. The molecule has 1 aliphatic rings. The first-order valence-corrected chi connectivity index (χ1v) is 10.4. The van der Waals surface area contributed by atoms with Gasteiger partial charge in [0.05, 0.1) is 5.69 Å². The number of aliphatic imine (C=N–C) groups is 2.